The standard InChI is InChI=1S/C37H40FN7O4/c1-36(2,3)49-35(47)45-24-12-14-37(45,13-8-15-39)22-44(20-24)33-29-19-40-31(28-18-26(46)17-23-9-5-6-11-27(23)28)30(38)32(29)41-34(42-33)48-21-25-10-7-16-43(25)4/h5-6,8-9,11,13,17-19,24-25,46H,7,10,12,14,16,20-22H2,1-4H3/b13-8+/t24?,25-,37?/m0/s1. The molecule has 11 nitrogen and oxygen atoms in total. The van der Waals surface area contributed by atoms with Crippen LogP contribution >= 0.6 is 0 Å². The molecule has 4 aromatic rings. The summed E-state index contributed by atoms with van der Waals surface area (Å²) in [6, 6.07) is 12.6. The minimum absolute atomic E-state index is 0.00265. The van der Waals surface area contributed by atoms with Crippen LogP contribution in [-0.4, -0.2) is 92.5 Å². The Bertz CT molecular complexity index is 2010. The molecule has 0 spiro atoms. The molecule has 0 radical (unpaired) electrons. The molecule has 7 rings (SSSR count). The molecule has 3 aliphatic rings. The number of rotatable bonds is 6. The highest BCUT2D eigenvalue weighted by Crippen LogP contribution is 2.44. The van der Waals surface area contributed by atoms with Crippen LogP contribution in [0.4, 0.5) is 15.0 Å². The lowest BCUT2D eigenvalue weighted by Crippen LogP contribution is -2.63. The molecule has 2 bridgehead atoms. The number of nitriles is 1. The number of halogens is 1. The minimum Gasteiger partial charge on any atom is -0.508 e. The summed E-state index contributed by atoms with van der Waals surface area (Å²) in [7, 11) is 2.05. The van der Waals surface area contributed by atoms with Crippen LogP contribution in [0.2, 0.25) is 0 Å². The Kier molecular flexibility index (Phi) is 8.27. The Morgan fingerprint density at radius 1 is 1.20 bits per heavy atom. The van der Waals surface area contributed by atoms with Crippen molar-refractivity contribution < 1.29 is 23.8 Å². The van der Waals surface area contributed by atoms with Gasteiger partial charge in [-0.3, -0.25) is 9.88 Å². The van der Waals surface area contributed by atoms with E-state index in [0.29, 0.717) is 49.3 Å². The van der Waals surface area contributed by atoms with E-state index in [2.05, 4.69) is 28.0 Å². The predicted octanol–water partition coefficient (Wildman–Crippen LogP) is 6.20. The molecule has 3 aliphatic heterocycles. The topological polar surface area (TPSA) is 128 Å². The summed E-state index contributed by atoms with van der Waals surface area (Å²) in [6.45, 7) is 7.50. The second kappa shape index (κ2) is 12.5. The highest BCUT2D eigenvalue weighted by molar-refractivity contribution is 6.00. The van der Waals surface area contributed by atoms with E-state index in [-0.39, 0.29) is 35.1 Å². The van der Waals surface area contributed by atoms with Crippen LogP contribution in [0, 0.1) is 17.1 Å². The number of anilines is 1. The summed E-state index contributed by atoms with van der Waals surface area (Å²) >= 11 is 0. The van der Waals surface area contributed by atoms with E-state index in [1.165, 1.54) is 12.1 Å². The quantitative estimate of drug-likeness (QED) is 0.238. The number of hydrogen-bond acceptors (Lipinski definition) is 10. The first-order valence-corrected chi connectivity index (χ1v) is 16.7. The third-order valence-electron chi connectivity index (χ3n) is 9.83. The van der Waals surface area contributed by atoms with E-state index in [1.807, 2.05) is 49.9 Å². The Morgan fingerprint density at radius 3 is 2.78 bits per heavy atom. The van der Waals surface area contributed by atoms with E-state index in [0.717, 1.165) is 30.2 Å². The number of phenolic OH excluding ortho intramolecular Hbond substituents is 1. The Labute approximate surface area is 284 Å². The summed E-state index contributed by atoms with van der Waals surface area (Å²) < 4.78 is 28.9. The second-order valence-electron chi connectivity index (χ2n) is 14.3. The second-order valence-corrected chi connectivity index (χ2v) is 14.3. The van der Waals surface area contributed by atoms with Gasteiger partial charge in [-0.25, -0.2) is 9.18 Å². The number of allylic oxidation sites excluding steroid dienone is 1. The maximum Gasteiger partial charge on any atom is 0.411 e. The summed E-state index contributed by atoms with van der Waals surface area (Å²) in [5, 5.41) is 21.9. The van der Waals surface area contributed by atoms with Crippen LogP contribution in [0.25, 0.3) is 32.9 Å². The monoisotopic (exact) mass is 665 g/mol. The number of benzene rings is 2. The molecule has 1 N–H and O–H groups in total. The van der Waals surface area contributed by atoms with Gasteiger partial charge in [-0.1, -0.05) is 24.3 Å². The van der Waals surface area contributed by atoms with E-state index in [4.69, 9.17) is 14.5 Å². The number of hydrogen-bond donors (Lipinski definition) is 1. The molecule has 3 saturated heterocycles. The van der Waals surface area contributed by atoms with Gasteiger partial charge in [0.1, 0.15) is 35.0 Å². The number of aromatic hydroxyl groups is 1. The number of ether oxygens (including phenoxy) is 2. The molecule has 5 heterocycles. The van der Waals surface area contributed by atoms with Gasteiger partial charge < -0.3 is 24.4 Å². The SMILES string of the molecule is CN1CCC[C@H]1COc1nc(N2CC3CCC(/C=C/C#N)(C2)N3C(=O)OC(C)(C)C)c2cnc(-c3cc(O)cc4ccccc34)c(F)c2n1. The first-order chi connectivity index (χ1) is 23.5. The van der Waals surface area contributed by atoms with Gasteiger partial charge in [0.05, 0.1) is 23.0 Å². The third-order valence-corrected chi connectivity index (χ3v) is 9.83. The lowest BCUT2D eigenvalue weighted by molar-refractivity contribution is 0.00217. The zero-order valence-electron chi connectivity index (χ0n) is 28.2. The first kappa shape index (κ1) is 32.5. The summed E-state index contributed by atoms with van der Waals surface area (Å²) in [5.74, 6) is -0.227. The van der Waals surface area contributed by atoms with Crippen molar-refractivity contribution in [2.24, 2.45) is 0 Å². The molecule has 0 aliphatic carbocycles. The molecular formula is C37H40FN7O4. The molecule has 3 fully saturated rings. The van der Waals surface area contributed by atoms with Crippen molar-refractivity contribution >= 4 is 33.6 Å². The Morgan fingerprint density at radius 2 is 2.02 bits per heavy atom. The summed E-state index contributed by atoms with van der Waals surface area (Å²) in [5.41, 5.74) is -1.01. The zero-order chi connectivity index (χ0) is 34.5. The zero-order valence-corrected chi connectivity index (χ0v) is 28.2. The molecule has 2 aromatic heterocycles. The number of likely N-dealkylation sites (N-methyl/N-ethyl adjacent to an activating group) is 1. The number of amides is 1. The third kappa shape index (κ3) is 6.08. The Balaban J connectivity index is 1.34. The van der Waals surface area contributed by atoms with Crippen molar-refractivity contribution in [3.8, 4) is 29.1 Å². The fourth-order valence-electron chi connectivity index (χ4n) is 7.59. The largest absolute Gasteiger partial charge is 0.508 e. The molecule has 1 amide bonds. The number of carbonyl (C=O) groups is 1. The average Bonchev–Trinajstić information content (AvgIpc) is 3.58. The lowest BCUT2D eigenvalue weighted by atomic mass is 9.94. The summed E-state index contributed by atoms with van der Waals surface area (Å²) in [6.07, 6.45) is 7.65. The van der Waals surface area contributed by atoms with Crippen molar-refractivity contribution in [2.45, 2.75) is 69.7 Å². The van der Waals surface area contributed by atoms with E-state index >= 15 is 4.39 Å². The van der Waals surface area contributed by atoms with Gasteiger partial charge in [-0.05, 0) is 89.0 Å². The fourth-order valence-corrected chi connectivity index (χ4v) is 7.59. The maximum atomic E-state index is 16.8. The fraction of sp³-hybridized carbons (Fsp3) is 0.432. The van der Waals surface area contributed by atoms with E-state index in [9.17, 15) is 15.2 Å². The van der Waals surface area contributed by atoms with Gasteiger partial charge in [0.15, 0.2) is 5.82 Å². The number of carbonyl (C=O) groups excluding carboxylic acids is 1. The van der Waals surface area contributed by atoms with E-state index in [1.54, 1.807) is 23.2 Å². The van der Waals surface area contributed by atoms with Crippen LogP contribution in [0.15, 0.2) is 54.7 Å². The normalized spacial score (nSPS) is 22.7. The number of aromatic nitrogens is 3. The van der Waals surface area contributed by atoms with Gasteiger partial charge in [-0.2, -0.15) is 15.2 Å². The van der Waals surface area contributed by atoms with Crippen molar-refractivity contribution in [3.05, 3.63) is 60.6 Å². The molecule has 2 unspecified atom stereocenters. The smallest absolute Gasteiger partial charge is 0.411 e. The Hall–Kier alpha value is -5.02. The van der Waals surface area contributed by atoms with Crippen molar-refractivity contribution in [2.75, 3.05) is 38.2 Å². The molecule has 49 heavy (non-hydrogen) atoms. The number of likely N-dealkylation sites (tertiary alicyclic amines) is 1. The lowest BCUT2D eigenvalue weighted by Gasteiger charge is -2.48. The number of pyridine rings is 1. The van der Waals surface area contributed by atoms with Crippen LogP contribution in [-0.2, 0) is 4.74 Å². The van der Waals surface area contributed by atoms with Crippen LogP contribution in [0.1, 0.15) is 46.5 Å². The van der Waals surface area contributed by atoms with Crippen molar-refractivity contribution in [1.29, 1.82) is 5.26 Å². The number of piperazine rings is 1. The highest BCUT2D eigenvalue weighted by Gasteiger charge is 2.54. The highest BCUT2D eigenvalue weighted by atomic mass is 19.1. The van der Waals surface area contributed by atoms with Crippen LogP contribution in [0.3, 0.4) is 0 Å². The predicted molar refractivity (Wildman–Crippen MR) is 184 cm³/mol. The van der Waals surface area contributed by atoms with Gasteiger partial charge in [0, 0.05) is 37.0 Å². The molecule has 0 saturated carbocycles. The molecule has 3 atom stereocenters. The minimum atomic E-state index is -0.849. The first-order valence-electron chi connectivity index (χ1n) is 16.7. The van der Waals surface area contributed by atoms with Gasteiger partial charge in [0.2, 0.25) is 0 Å². The number of phenols is 1. The van der Waals surface area contributed by atoms with Gasteiger partial charge >= 0.3 is 12.1 Å². The van der Waals surface area contributed by atoms with E-state index < -0.39 is 23.1 Å². The molecule has 12 heteroatoms. The van der Waals surface area contributed by atoms with Crippen molar-refractivity contribution in [3.63, 3.8) is 0 Å². The number of fused-ring (bicyclic) bond motifs is 4. The maximum absolute atomic E-state index is 16.8. The van der Waals surface area contributed by atoms with Crippen LogP contribution < -0.4 is 9.64 Å². The molecular weight excluding hydrogens is 625 g/mol. The molecule has 2 aromatic carbocycles. The van der Waals surface area contributed by atoms with Gasteiger partial charge in [0.25, 0.3) is 0 Å². The summed E-state index contributed by atoms with van der Waals surface area (Å²) in [4.78, 5) is 33.6. The van der Waals surface area contributed by atoms with Gasteiger partial charge in [-0.15, -0.1) is 0 Å². The number of nitrogens with zero attached hydrogens (tertiary/aromatic N) is 7. The van der Waals surface area contributed by atoms with Crippen molar-refractivity contribution in [1.82, 2.24) is 24.8 Å². The molecule has 254 valence electrons. The average molecular weight is 666 g/mol. The van der Waals surface area contributed by atoms with Crippen LogP contribution in [0.5, 0.6) is 11.8 Å².